The number of aliphatic hydroxyl groups is 1. The van der Waals surface area contributed by atoms with Crippen molar-refractivity contribution in [3.63, 3.8) is 0 Å². The van der Waals surface area contributed by atoms with Crippen molar-refractivity contribution >= 4 is 5.97 Å². The largest absolute Gasteiger partial charge is 0.477 e. The molecule has 3 aliphatic rings. The van der Waals surface area contributed by atoms with Crippen molar-refractivity contribution < 1.29 is 34.0 Å². The Morgan fingerprint density at radius 3 is 2.14 bits per heavy atom. The van der Waals surface area contributed by atoms with Crippen molar-refractivity contribution in [2.75, 3.05) is 13.2 Å². The molecule has 1 aliphatic carbocycles. The van der Waals surface area contributed by atoms with Crippen molar-refractivity contribution in [1.82, 2.24) is 0 Å². The number of allylic oxidation sites excluding steroid dienone is 4. The van der Waals surface area contributed by atoms with Gasteiger partial charge < -0.3 is 29.2 Å². The van der Waals surface area contributed by atoms with E-state index in [1.807, 2.05) is 6.08 Å². The maximum Gasteiger partial charge on any atom is 0.364 e. The molecule has 2 aliphatic heterocycles. The normalized spacial score (nSPS) is 30.7. The lowest BCUT2D eigenvalue weighted by Gasteiger charge is -2.37. The Morgan fingerprint density at radius 2 is 1.54 bits per heavy atom. The maximum absolute atomic E-state index is 12.5. The van der Waals surface area contributed by atoms with Crippen LogP contribution < -0.4 is 0 Å². The number of rotatable bonds is 16. The average molecular weight is 523 g/mol. The predicted molar refractivity (Wildman–Crippen MR) is 143 cm³/mol. The number of aliphatic carboxylic acids is 1. The summed E-state index contributed by atoms with van der Waals surface area (Å²) in [5.41, 5.74) is 0. The van der Waals surface area contributed by atoms with E-state index in [2.05, 4.69) is 25.2 Å². The number of ether oxygens (including phenoxy) is 4. The van der Waals surface area contributed by atoms with Gasteiger partial charge in [0.1, 0.15) is 0 Å². The second-order valence-electron chi connectivity index (χ2n) is 10.9. The zero-order chi connectivity index (χ0) is 26.3. The molecule has 2 unspecified atom stereocenters. The van der Waals surface area contributed by atoms with Crippen molar-refractivity contribution in [2.45, 2.75) is 134 Å². The standard InChI is InChI=1S/C30H50O7/c1-2-3-4-5-6-8-15-24-19-20-26(31)25(24)16-9-7-12-21-30(29(32)33,36-27-17-10-13-22-34-27)37-28-18-11-14-23-35-28/h4-5,7,9,24-28,31H,2-3,6,8,10-23H2,1H3,(H,32,33)/t24-,25+,26-,27?,28?,30?/m0/s1. The second kappa shape index (κ2) is 16.7. The first-order valence-corrected chi connectivity index (χ1v) is 14.8. The van der Waals surface area contributed by atoms with Crippen molar-refractivity contribution in [2.24, 2.45) is 11.8 Å². The summed E-state index contributed by atoms with van der Waals surface area (Å²) in [6.45, 7) is 3.33. The zero-order valence-corrected chi connectivity index (χ0v) is 22.9. The third-order valence-electron chi connectivity index (χ3n) is 7.96. The molecule has 0 bridgehead atoms. The Labute approximate surface area is 223 Å². The Balaban J connectivity index is 1.52. The van der Waals surface area contributed by atoms with Crippen LogP contribution in [0.4, 0.5) is 0 Å². The predicted octanol–water partition coefficient (Wildman–Crippen LogP) is 6.49. The van der Waals surface area contributed by atoms with Crippen LogP contribution in [0, 0.1) is 11.8 Å². The topological polar surface area (TPSA) is 94.5 Å². The summed E-state index contributed by atoms with van der Waals surface area (Å²) in [5, 5.41) is 20.8. The van der Waals surface area contributed by atoms with E-state index >= 15 is 0 Å². The Morgan fingerprint density at radius 1 is 0.892 bits per heavy atom. The summed E-state index contributed by atoms with van der Waals surface area (Å²) in [6, 6.07) is 0. The van der Waals surface area contributed by atoms with Crippen LogP contribution in [-0.4, -0.2) is 53.9 Å². The molecule has 0 radical (unpaired) electrons. The highest BCUT2D eigenvalue weighted by Gasteiger charge is 2.46. The van der Waals surface area contributed by atoms with Crippen LogP contribution in [-0.2, 0) is 23.7 Å². The molecule has 2 N–H and O–H groups in total. The summed E-state index contributed by atoms with van der Waals surface area (Å²) >= 11 is 0. The molecule has 0 spiro atoms. The van der Waals surface area contributed by atoms with Gasteiger partial charge in [-0.25, -0.2) is 4.79 Å². The minimum Gasteiger partial charge on any atom is -0.477 e. The number of hydrogen-bond acceptors (Lipinski definition) is 6. The summed E-state index contributed by atoms with van der Waals surface area (Å²) in [4.78, 5) is 12.5. The van der Waals surface area contributed by atoms with Gasteiger partial charge in [0.15, 0.2) is 12.6 Å². The third kappa shape index (κ3) is 10.1. The minimum absolute atomic E-state index is 0.180. The molecule has 5 atom stereocenters. The van der Waals surface area contributed by atoms with Gasteiger partial charge in [0.2, 0.25) is 0 Å². The molecular formula is C30H50O7. The van der Waals surface area contributed by atoms with E-state index < -0.39 is 24.3 Å². The molecule has 0 aromatic rings. The van der Waals surface area contributed by atoms with Crippen LogP contribution in [0.25, 0.3) is 0 Å². The van der Waals surface area contributed by atoms with Crippen LogP contribution in [0.15, 0.2) is 24.3 Å². The molecule has 2 saturated heterocycles. The number of carboxylic acids is 1. The first kappa shape index (κ1) is 30.3. The van der Waals surface area contributed by atoms with Crippen LogP contribution in [0.1, 0.15) is 110 Å². The molecule has 2 heterocycles. The van der Waals surface area contributed by atoms with E-state index in [1.54, 1.807) is 0 Å². The molecule has 0 amide bonds. The Kier molecular flexibility index (Phi) is 13.6. The monoisotopic (exact) mass is 522 g/mol. The quantitative estimate of drug-likeness (QED) is 0.136. The first-order chi connectivity index (χ1) is 18.0. The molecule has 0 aromatic carbocycles. The van der Waals surface area contributed by atoms with Gasteiger partial charge in [0.25, 0.3) is 5.79 Å². The van der Waals surface area contributed by atoms with E-state index in [-0.39, 0.29) is 18.4 Å². The molecule has 1 saturated carbocycles. The number of aliphatic hydroxyl groups excluding tert-OH is 1. The maximum atomic E-state index is 12.5. The smallest absolute Gasteiger partial charge is 0.364 e. The van der Waals surface area contributed by atoms with Crippen LogP contribution in [0.5, 0.6) is 0 Å². The van der Waals surface area contributed by atoms with Gasteiger partial charge in [-0.1, -0.05) is 37.6 Å². The summed E-state index contributed by atoms with van der Waals surface area (Å²) in [6.07, 6.45) is 21.6. The Bertz CT molecular complexity index is 674. The Hall–Kier alpha value is -1.25. The highest BCUT2D eigenvalue weighted by atomic mass is 16.8. The molecule has 37 heavy (non-hydrogen) atoms. The summed E-state index contributed by atoms with van der Waals surface area (Å²) in [7, 11) is 0. The van der Waals surface area contributed by atoms with E-state index in [0.717, 1.165) is 64.2 Å². The van der Waals surface area contributed by atoms with Gasteiger partial charge in [-0.15, -0.1) is 0 Å². The lowest BCUT2D eigenvalue weighted by molar-refractivity contribution is -0.352. The van der Waals surface area contributed by atoms with Gasteiger partial charge in [-0.2, -0.15) is 0 Å². The number of carboxylic acid groups (broad SMARTS) is 1. The fourth-order valence-electron chi connectivity index (χ4n) is 5.77. The number of hydrogen-bond donors (Lipinski definition) is 2. The lowest BCUT2D eigenvalue weighted by Crippen LogP contribution is -2.51. The van der Waals surface area contributed by atoms with Gasteiger partial charge in [0, 0.05) is 19.6 Å². The molecule has 7 heteroatoms. The summed E-state index contributed by atoms with van der Waals surface area (Å²) in [5.74, 6) is -2.10. The SMILES string of the molecule is CCCC=CCCC[C@H]1CC[C@H](O)[C@@H]1CC=CCCC(OC1CCCCO1)(OC1CCCCO1)C(=O)O. The molecule has 3 rings (SSSR count). The van der Waals surface area contributed by atoms with E-state index in [0.29, 0.717) is 38.4 Å². The summed E-state index contributed by atoms with van der Waals surface area (Å²) < 4.78 is 23.5. The fourth-order valence-corrected chi connectivity index (χ4v) is 5.77. The third-order valence-corrected chi connectivity index (χ3v) is 7.96. The first-order valence-electron chi connectivity index (χ1n) is 14.8. The van der Waals surface area contributed by atoms with E-state index in [4.69, 9.17) is 18.9 Å². The van der Waals surface area contributed by atoms with Gasteiger partial charge in [-0.05, 0) is 102 Å². The molecular weight excluding hydrogens is 472 g/mol. The second-order valence-corrected chi connectivity index (χ2v) is 10.9. The minimum atomic E-state index is -1.80. The van der Waals surface area contributed by atoms with Crippen molar-refractivity contribution in [1.29, 1.82) is 0 Å². The van der Waals surface area contributed by atoms with Crippen LogP contribution >= 0.6 is 0 Å². The molecule has 3 fully saturated rings. The fraction of sp³-hybridized carbons (Fsp3) is 0.833. The highest BCUT2D eigenvalue weighted by molar-refractivity contribution is 5.75. The van der Waals surface area contributed by atoms with E-state index in [9.17, 15) is 15.0 Å². The van der Waals surface area contributed by atoms with Crippen molar-refractivity contribution in [3.8, 4) is 0 Å². The number of carbonyl (C=O) groups is 1. The van der Waals surface area contributed by atoms with Gasteiger partial charge in [-0.3, -0.25) is 0 Å². The molecule has 0 aromatic heterocycles. The molecule has 7 nitrogen and oxygen atoms in total. The lowest BCUT2D eigenvalue weighted by atomic mass is 9.87. The van der Waals surface area contributed by atoms with Gasteiger partial charge >= 0.3 is 5.97 Å². The van der Waals surface area contributed by atoms with Crippen LogP contribution in [0.3, 0.4) is 0 Å². The molecule has 212 valence electrons. The highest BCUT2D eigenvalue weighted by Crippen LogP contribution is 2.38. The zero-order valence-electron chi connectivity index (χ0n) is 22.9. The van der Waals surface area contributed by atoms with E-state index in [1.165, 1.54) is 12.8 Å². The van der Waals surface area contributed by atoms with Crippen LogP contribution in [0.2, 0.25) is 0 Å². The number of unbranched alkanes of at least 4 members (excludes halogenated alkanes) is 2. The average Bonchev–Trinajstić information content (AvgIpc) is 3.25. The van der Waals surface area contributed by atoms with Crippen molar-refractivity contribution in [3.05, 3.63) is 24.3 Å². The van der Waals surface area contributed by atoms with Gasteiger partial charge in [0.05, 0.1) is 6.10 Å².